The Morgan fingerprint density at radius 2 is 2.05 bits per heavy atom. The standard InChI is InChI=1S/C18H23N3/c1-2-17-12-20-18(16-8-4-3-5-9-16)14-21(17)13-15-7-6-10-19-11-15/h3-11,17-18,20H,2,12-14H2,1H3. The average molecular weight is 281 g/mol. The normalized spacial score (nSPS) is 23.1. The van der Waals surface area contributed by atoms with Crippen LogP contribution >= 0.6 is 0 Å². The summed E-state index contributed by atoms with van der Waals surface area (Å²) < 4.78 is 0. The van der Waals surface area contributed by atoms with Gasteiger partial charge in [-0.1, -0.05) is 43.3 Å². The lowest BCUT2D eigenvalue weighted by atomic mass is 10.00. The first-order valence-corrected chi connectivity index (χ1v) is 7.78. The minimum Gasteiger partial charge on any atom is -0.307 e. The molecule has 2 heterocycles. The van der Waals surface area contributed by atoms with E-state index in [2.05, 4.69) is 58.5 Å². The summed E-state index contributed by atoms with van der Waals surface area (Å²) in [5.74, 6) is 0. The van der Waals surface area contributed by atoms with Crippen molar-refractivity contribution in [1.29, 1.82) is 0 Å². The molecule has 0 aliphatic carbocycles. The topological polar surface area (TPSA) is 28.2 Å². The van der Waals surface area contributed by atoms with E-state index in [-0.39, 0.29) is 0 Å². The number of nitrogens with one attached hydrogen (secondary N) is 1. The van der Waals surface area contributed by atoms with E-state index in [0.717, 1.165) is 19.6 Å². The Bertz CT molecular complexity index is 541. The Balaban J connectivity index is 1.73. The molecule has 21 heavy (non-hydrogen) atoms. The van der Waals surface area contributed by atoms with Crippen molar-refractivity contribution in [1.82, 2.24) is 15.2 Å². The number of pyridine rings is 1. The van der Waals surface area contributed by atoms with Crippen LogP contribution in [0.25, 0.3) is 0 Å². The Kier molecular flexibility index (Phi) is 4.63. The van der Waals surface area contributed by atoms with E-state index in [1.807, 2.05) is 18.5 Å². The van der Waals surface area contributed by atoms with Gasteiger partial charge < -0.3 is 5.32 Å². The number of hydrogen-bond acceptors (Lipinski definition) is 3. The molecule has 1 fully saturated rings. The van der Waals surface area contributed by atoms with Gasteiger partial charge >= 0.3 is 0 Å². The molecule has 2 aromatic rings. The highest BCUT2D eigenvalue weighted by atomic mass is 15.2. The smallest absolute Gasteiger partial charge is 0.0450 e. The van der Waals surface area contributed by atoms with E-state index in [1.165, 1.54) is 17.5 Å². The SMILES string of the molecule is CCC1CNC(c2ccccc2)CN1Cc1cccnc1. The quantitative estimate of drug-likeness (QED) is 0.934. The fraction of sp³-hybridized carbons (Fsp3) is 0.389. The molecule has 3 rings (SSSR count). The zero-order valence-electron chi connectivity index (χ0n) is 12.6. The summed E-state index contributed by atoms with van der Waals surface area (Å²) in [6.07, 6.45) is 4.99. The van der Waals surface area contributed by atoms with Gasteiger partial charge in [0, 0.05) is 44.1 Å². The largest absolute Gasteiger partial charge is 0.307 e. The lowest BCUT2D eigenvalue weighted by Gasteiger charge is -2.40. The first-order chi connectivity index (χ1) is 10.4. The summed E-state index contributed by atoms with van der Waals surface area (Å²) in [6.45, 7) is 5.36. The fourth-order valence-electron chi connectivity index (χ4n) is 3.09. The van der Waals surface area contributed by atoms with Crippen molar-refractivity contribution in [2.75, 3.05) is 13.1 Å². The van der Waals surface area contributed by atoms with Gasteiger partial charge in [0.2, 0.25) is 0 Å². The molecule has 2 unspecified atom stereocenters. The first kappa shape index (κ1) is 14.2. The summed E-state index contributed by atoms with van der Waals surface area (Å²) in [4.78, 5) is 6.82. The van der Waals surface area contributed by atoms with Gasteiger partial charge in [-0.05, 0) is 23.6 Å². The van der Waals surface area contributed by atoms with Gasteiger partial charge in [-0.3, -0.25) is 9.88 Å². The molecule has 1 saturated heterocycles. The average Bonchev–Trinajstić information content (AvgIpc) is 2.56. The Morgan fingerprint density at radius 1 is 1.19 bits per heavy atom. The molecule has 2 atom stereocenters. The van der Waals surface area contributed by atoms with Crippen LogP contribution in [0.5, 0.6) is 0 Å². The van der Waals surface area contributed by atoms with Gasteiger partial charge in [-0.25, -0.2) is 0 Å². The van der Waals surface area contributed by atoms with Crippen LogP contribution in [0.15, 0.2) is 54.9 Å². The number of benzene rings is 1. The maximum Gasteiger partial charge on any atom is 0.0450 e. The van der Waals surface area contributed by atoms with Crippen LogP contribution in [-0.2, 0) is 6.54 Å². The summed E-state index contributed by atoms with van der Waals surface area (Å²) in [7, 11) is 0. The van der Waals surface area contributed by atoms with Crippen molar-refractivity contribution in [3.8, 4) is 0 Å². The van der Waals surface area contributed by atoms with Gasteiger partial charge in [0.15, 0.2) is 0 Å². The number of rotatable bonds is 4. The van der Waals surface area contributed by atoms with Crippen molar-refractivity contribution >= 4 is 0 Å². The van der Waals surface area contributed by atoms with Crippen molar-refractivity contribution < 1.29 is 0 Å². The molecule has 0 radical (unpaired) electrons. The Labute approximate surface area is 127 Å². The molecule has 1 aromatic carbocycles. The maximum absolute atomic E-state index is 4.24. The van der Waals surface area contributed by atoms with Gasteiger partial charge in [0.05, 0.1) is 0 Å². The van der Waals surface area contributed by atoms with E-state index in [4.69, 9.17) is 0 Å². The molecule has 1 aliphatic rings. The number of aromatic nitrogens is 1. The van der Waals surface area contributed by atoms with Gasteiger partial charge in [0.1, 0.15) is 0 Å². The van der Waals surface area contributed by atoms with Gasteiger partial charge in [0.25, 0.3) is 0 Å². The summed E-state index contributed by atoms with van der Waals surface area (Å²) in [5, 5.41) is 3.69. The fourth-order valence-corrected chi connectivity index (χ4v) is 3.09. The molecule has 0 bridgehead atoms. The van der Waals surface area contributed by atoms with Crippen LogP contribution in [0, 0.1) is 0 Å². The molecular weight excluding hydrogens is 258 g/mol. The highest BCUT2D eigenvalue weighted by Crippen LogP contribution is 2.22. The number of nitrogens with zero attached hydrogens (tertiary/aromatic N) is 2. The van der Waals surface area contributed by atoms with Gasteiger partial charge in [-0.2, -0.15) is 0 Å². The van der Waals surface area contributed by atoms with E-state index in [9.17, 15) is 0 Å². The van der Waals surface area contributed by atoms with E-state index < -0.39 is 0 Å². The molecule has 0 spiro atoms. The molecule has 3 heteroatoms. The van der Waals surface area contributed by atoms with E-state index in [1.54, 1.807) is 0 Å². The van der Waals surface area contributed by atoms with Crippen LogP contribution in [0.4, 0.5) is 0 Å². The third kappa shape index (κ3) is 3.49. The molecule has 0 amide bonds. The van der Waals surface area contributed by atoms with Crippen LogP contribution < -0.4 is 5.32 Å². The molecule has 1 aromatic heterocycles. The van der Waals surface area contributed by atoms with Gasteiger partial charge in [-0.15, -0.1) is 0 Å². The van der Waals surface area contributed by atoms with Crippen molar-refractivity contribution in [3.05, 3.63) is 66.0 Å². The summed E-state index contributed by atoms with van der Waals surface area (Å²) >= 11 is 0. The van der Waals surface area contributed by atoms with Crippen LogP contribution in [0.1, 0.15) is 30.5 Å². The van der Waals surface area contributed by atoms with E-state index in [0.29, 0.717) is 12.1 Å². The lowest BCUT2D eigenvalue weighted by Crippen LogP contribution is -2.51. The molecule has 3 nitrogen and oxygen atoms in total. The predicted molar refractivity (Wildman–Crippen MR) is 85.9 cm³/mol. The molecule has 1 aliphatic heterocycles. The summed E-state index contributed by atoms with van der Waals surface area (Å²) in [6, 6.07) is 16.0. The lowest BCUT2D eigenvalue weighted by molar-refractivity contribution is 0.119. The van der Waals surface area contributed by atoms with Crippen LogP contribution in [0.3, 0.4) is 0 Å². The Hall–Kier alpha value is -1.71. The van der Waals surface area contributed by atoms with Crippen LogP contribution in [0.2, 0.25) is 0 Å². The minimum absolute atomic E-state index is 0.422. The molecular formula is C18H23N3. The van der Waals surface area contributed by atoms with Crippen molar-refractivity contribution in [3.63, 3.8) is 0 Å². The second kappa shape index (κ2) is 6.83. The second-order valence-electron chi connectivity index (χ2n) is 5.72. The van der Waals surface area contributed by atoms with Crippen molar-refractivity contribution in [2.24, 2.45) is 0 Å². The third-order valence-corrected chi connectivity index (χ3v) is 4.32. The zero-order valence-corrected chi connectivity index (χ0v) is 12.6. The Morgan fingerprint density at radius 3 is 2.76 bits per heavy atom. The number of piperazine rings is 1. The number of hydrogen-bond donors (Lipinski definition) is 1. The monoisotopic (exact) mass is 281 g/mol. The first-order valence-electron chi connectivity index (χ1n) is 7.78. The van der Waals surface area contributed by atoms with E-state index >= 15 is 0 Å². The maximum atomic E-state index is 4.24. The predicted octanol–water partition coefficient (Wildman–Crippen LogP) is 3.01. The highest BCUT2D eigenvalue weighted by Gasteiger charge is 2.27. The molecule has 110 valence electrons. The molecule has 1 N–H and O–H groups in total. The minimum atomic E-state index is 0.422. The van der Waals surface area contributed by atoms with Crippen LogP contribution in [-0.4, -0.2) is 29.0 Å². The second-order valence-corrected chi connectivity index (χ2v) is 5.72. The third-order valence-electron chi connectivity index (χ3n) is 4.32. The molecule has 0 saturated carbocycles. The zero-order chi connectivity index (χ0) is 14.5. The highest BCUT2D eigenvalue weighted by molar-refractivity contribution is 5.20. The van der Waals surface area contributed by atoms with Crippen molar-refractivity contribution in [2.45, 2.75) is 32.0 Å². The summed E-state index contributed by atoms with van der Waals surface area (Å²) in [5.41, 5.74) is 2.67.